The van der Waals surface area contributed by atoms with E-state index in [1.54, 1.807) is 18.3 Å². The minimum Gasteiger partial charge on any atom is -0.481 e. The molecule has 0 saturated heterocycles. The molecule has 5 heteroatoms. The lowest BCUT2D eigenvalue weighted by atomic mass is 10.1. The Balaban J connectivity index is 1.36. The lowest BCUT2D eigenvalue weighted by Crippen LogP contribution is -2.30. The molecule has 0 fully saturated rings. The number of nitrogens with zero attached hydrogens (tertiary/aromatic N) is 1. The van der Waals surface area contributed by atoms with Gasteiger partial charge in [-0.05, 0) is 61.4 Å². The van der Waals surface area contributed by atoms with Crippen molar-refractivity contribution in [3.63, 3.8) is 0 Å². The Morgan fingerprint density at radius 3 is 2.62 bits per heavy atom. The van der Waals surface area contributed by atoms with Gasteiger partial charge in [-0.3, -0.25) is 4.79 Å². The van der Waals surface area contributed by atoms with E-state index in [0.29, 0.717) is 5.75 Å². The van der Waals surface area contributed by atoms with Crippen molar-refractivity contribution in [1.82, 2.24) is 4.98 Å². The number of anilines is 1. The highest BCUT2D eigenvalue weighted by Gasteiger charge is 2.15. The number of benzene rings is 3. The minimum atomic E-state index is -0.584. The van der Waals surface area contributed by atoms with Crippen molar-refractivity contribution in [3.8, 4) is 5.75 Å². The number of ether oxygens (including phenoxy) is 1. The molecule has 0 aliphatic rings. The fourth-order valence-corrected chi connectivity index (χ4v) is 4.07. The number of para-hydroxylation sites is 1. The molecule has 0 saturated carbocycles. The Labute approximate surface area is 174 Å². The maximum atomic E-state index is 12.4. The molecule has 1 heterocycles. The van der Waals surface area contributed by atoms with Crippen LogP contribution in [0.5, 0.6) is 5.75 Å². The van der Waals surface area contributed by atoms with Gasteiger partial charge in [-0.1, -0.05) is 36.4 Å². The molecule has 0 radical (unpaired) electrons. The zero-order valence-electron chi connectivity index (χ0n) is 16.4. The van der Waals surface area contributed by atoms with Crippen LogP contribution >= 0.6 is 11.3 Å². The zero-order valence-corrected chi connectivity index (χ0v) is 17.2. The summed E-state index contributed by atoms with van der Waals surface area (Å²) in [6.45, 7) is 3.74. The summed E-state index contributed by atoms with van der Waals surface area (Å²) in [6.07, 6.45) is 0.194. The van der Waals surface area contributed by atoms with Crippen LogP contribution in [-0.2, 0) is 11.2 Å². The van der Waals surface area contributed by atoms with Crippen molar-refractivity contribution in [1.29, 1.82) is 0 Å². The van der Waals surface area contributed by atoms with Gasteiger partial charge in [-0.15, -0.1) is 11.3 Å². The van der Waals surface area contributed by atoms with Gasteiger partial charge in [0, 0.05) is 12.1 Å². The Bertz CT molecular complexity index is 1100. The number of fused-ring (bicyclic) bond motifs is 1. The summed E-state index contributed by atoms with van der Waals surface area (Å²) in [5, 5.41) is 4.00. The van der Waals surface area contributed by atoms with Crippen molar-refractivity contribution in [2.75, 3.05) is 5.32 Å². The van der Waals surface area contributed by atoms with E-state index >= 15 is 0 Å². The van der Waals surface area contributed by atoms with Crippen LogP contribution in [0.1, 0.15) is 23.1 Å². The highest BCUT2D eigenvalue weighted by Crippen LogP contribution is 2.24. The van der Waals surface area contributed by atoms with Gasteiger partial charge in [0.15, 0.2) is 6.10 Å². The normalized spacial score (nSPS) is 11.9. The maximum absolute atomic E-state index is 12.4. The average Bonchev–Trinajstić information content (AvgIpc) is 3.11. The largest absolute Gasteiger partial charge is 0.481 e. The van der Waals surface area contributed by atoms with Crippen molar-refractivity contribution >= 4 is 33.1 Å². The minimum absolute atomic E-state index is 0.176. The monoisotopic (exact) mass is 402 g/mol. The molecule has 146 valence electrons. The molecule has 0 bridgehead atoms. The van der Waals surface area contributed by atoms with Gasteiger partial charge in [0.25, 0.3) is 5.91 Å². The molecule has 1 amide bonds. The summed E-state index contributed by atoms with van der Waals surface area (Å²) < 4.78 is 6.94. The highest BCUT2D eigenvalue weighted by atomic mass is 32.1. The molecule has 1 aromatic heterocycles. The molecular formula is C24H22N2O2S. The molecular weight excluding hydrogens is 380 g/mol. The van der Waals surface area contributed by atoms with E-state index in [2.05, 4.69) is 16.4 Å². The summed E-state index contributed by atoms with van der Waals surface area (Å²) in [7, 11) is 0. The van der Waals surface area contributed by atoms with E-state index in [1.807, 2.05) is 73.7 Å². The van der Waals surface area contributed by atoms with Crippen LogP contribution < -0.4 is 10.1 Å². The molecule has 0 aliphatic carbocycles. The molecule has 1 unspecified atom stereocenters. The van der Waals surface area contributed by atoms with Crippen molar-refractivity contribution in [2.24, 2.45) is 0 Å². The van der Waals surface area contributed by atoms with Gasteiger partial charge < -0.3 is 10.1 Å². The number of thiazole rings is 1. The molecule has 1 N–H and O–H groups in total. The third-order valence-electron chi connectivity index (χ3n) is 4.59. The maximum Gasteiger partial charge on any atom is 0.265 e. The van der Waals surface area contributed by atoms with E-state index in [4.69, 9.17) is 4.74 Å². The van der Waals surface area contributed by atoms with Crippen LogP contribution in [-0.4, -0.2) is 17.0 Å². The van der Waals surface area contributed by atoms with Gasteiger partial charge in [-0.2, -0.15) is 0 Å². The van der Waals surface area contributed by atoms with Gasteiger partial charge in [0.1, 0.15) is 5.75 Å². The first-order chi connectivity index (χ1) is 14.1. The number of nitrogens with one attached hydrogen (secondary N) is 1. The van der Waals surface area contributed by atoms with Crippen LogP contribution in [0, 0.1) is 6.92 Å². The van der Waals surface area contributed by atoms with Gasteiger partial charge in [0.05, 0.1) is 15.2 Å². The Morgan fingerprint density at radius 2 is 1.86 bits per heavy atom. The van der Waals surface area contributed by atoms with Crippen molar-refractivity contribution in [3.05, 3.63) is 88.9 Å². The Morgan fingerprint density at radius 1 is 1.07 bits per heavy atom. The molecule has 0 spiro atoms. The quantitative estimate of drug-likeness (QED) is 0.457. The molecule has 29 heavy (non-hydrogen) atoms. The number of amides is 1. The zero-order chi connectivity index (χ0) is 20.2. The summed E-state index contributed by atoms with van der Waals surface area (Å²) in [4.78, 5) is 17.1. The second-order valence-corrected chi connectivity index (χ2v) is 8.13. The van der Waals surface area contributed by atoms with Gasteiger partial charge >= 0.3 is 0 Å². The molecule has 4 nitrogen and oxygen atoms in total. The second-order valence-electron chi connectivity index (χ2n) is 7.01. The number of carbonyl (C=O) groups is 1. The van der Waals surface area contributed by atoms with Gasteiger partial charge in [0.2, 0.25) is 0 Å². The smallest absolute Gasteiger partial charge is 0.265 e. The number of aromatic nitrogens is 1. The number of carbonyl (C=O) groups excluding carboxylic acids is 1. The Hall–Kier alpha value is -3.18. The van der Waals surface area contributed by atoms with Crippen LogP contribution in [0.3, 0.4) is 0 Å². The second kappa shape index (κ2) is 8.45. The topological polar surface area (TPSA) is 51.2 Å². The molecule has 0 aliphatic heterocycles. The van der Waals surface area contributed by atoms with Crippen LogP contribution in [0.15, 0.2) is 72.8 Å². The first-order valence-corrected chi connectivity index (χ1v) is 10.4. The van der Waals surface area contributed by atoms with Crippen molar-refractivity contribution < 1.29 is 9.53 Å². The van der Waals surface area contributed by atoms with E-state index in [-0.39, 0.29) is 5.91 Å². The van der Waals surface area contributed by atoms with Crippen LogP contribution in [0.25, 0.3) is 10.2 Å². The summed E-state index contributed by atoms with van der Waals surface area (Å²) >= 11 is 1.72. The first kappa shape index (κ1) is 19.2. The molecule has 4 rings (SSSR count). The molecule has 1 atom stereocenters. The average molecular weight is 403 g/mol. The standard InChI is InChI=1S/C24H22N2O2S/c1-16-6-5-7-20(14-16)28-17(2)24(27)25-19-12-10-18(11-13-19)15-23-26-21-8-3-4-9-22(21)29-23/h3-14,17H,15H2,1-2H3,(H,25,27). The summed E-state index contributed by atoms with van der Waals surface area (Å²) in [5.74, 6) is 0.518. The Kier molecular flexibility index (Phi) is 5.58. The number of aryl methyl sites for hydroxylation is 1. The third-order valence-corrected chi connectivity index (χ3v) is 5.62. The first-order valence-electron chi connectivity index (χ1n) is 9.54. The lowest BCUT2D eigenvalue weighted by molar-refractivity contribution is -0.122. The fraction of sp³-hybridized carbons (Fsp3) is 0.167. The fourth-order valence-electron chi connectivity index (χ4n) is 3.07. The van der Waals surface area contributed by atoms with E-state index in [9.17, 15) is 4.79 Å². The number of hydrogen-bond acceptors (Lipinski definition) is 4. The predicted octanol–water partition coefficient (Wildman–Crippen LogP) is 5.60. The van der Waals surface area contributed by atoms with E-state index in [1.165, 1.54) is 4.70 Å². The number of hydrogen-bond donors (Lipinski definition) is 1. The van der Waals surface area contributed by atoms with Crippen LogP contribution in [0.2, 0.25) is 0 Å². The molecule has 4 aromatic rings. The predicted molar refractivity (Wildman–Crippen MR) is 119 cm³/mol. The third kappa shape index (κ3) is 4.81. The lowest BCUT2D eigenvalue weighted by Gasteiger charge is -2.15. The van der Waals surface area contributed by atoms with E-state index < -0.39 is 6.10 Å². The SMILES string of the molecule is Cc1cccc(OC(C)C(=O)Nc2ccc(Cc3nc4ccccc4s3)cc2)c1. The van der Waals surface area contributed by atoms with E-state index in [0.717, 1.165) is 33.8 Å². The summed E-state index contributed by atoms with van der Waals surface area (Å²) in [6, 6.07) is 23.7. The molecule has 3 aromatic carbocycles. The number of rotatable bonds is 6. The van der Waals surface area contributed by atoms with Crippen LogP contribution in [0.4, 0.5) is 5.69 Å². The van der Waals surface area contributed by atoms with Gasteiger partial charge in [-0.25, -0.2) is 4.98 Å². The van der Waals surface area contributed by atoms with Crippen molar-refractivity contribution in [2.45, 2.75) is 26.4 Å². The highest BCUT2D eigenvalue weighted by molar-refractivity contribution is 7.18. The summed E-state index contributed by atoms with van der Waals surface area (Å²) in [5.41, 5.74) is 4.05.